The minimum atomic E-state index is -4.46. The van der Waals surface area contributed by atoms with Crippen LogP contribution in [0.25, 0.3) is 0 Å². The first-order valence-corrected chi connectivity index (χ1v) is 7.87. The fourth-order valence-corrected chi connectivity index (χ4v) is 3.09. The fraction of sp³-hybridized carbons (Fsp3) is 0.529. The van der Waals surface area contributed by atoms with E-state index in [0.717, 1.165) is 6.07 Å². The van der Waals surface area contributed by atoms with E-state index in [1.54, 1.807) is 6.92 Å². The molecule has 7 heteroatoms. The number of rotatable bonds is 4. The summed E-state index contributed by atoms with van der Waals surface area (Å²) >= 11 is 0. The van der Waals surface area contributed by atoms with Gasteiger partial charge in [0.1, 0.15) is 0 Å². The molecule has 0 spiro atoms. The zero-order valence-corrected chi connectivity index (χ0v) is 13.3. The summed E-state index contributed by atoms with van der Waals surface area (Å²) in [4.78, 5) is 24.9. The SMILES string of the molecule is C[C@@H](CC(=O)N1CCC[C@H](C(=O)O)C1)c1ccccc1C(F)(F)F. The molecule has 0 unspecified atom stereocenters. The van der Waals surface area contributed by atoms with Gasteiger partial charge >= 0.3 is 12.1 Å². The van der Waals surface area contributed by atoms with E-state index < -0.39 is 29.5 Å². The van der Waals surface area contributed by atoms with Crippen molar-refractivity contribution in [3.05, 3.63) is 35.4 Å². The Balaban J connectivity index is 2.08. The fourth-order valence-electron chi connectivity index (χ4n) is 3.09. The summed E-state index contributed by atoms with van der Waals surface area (Å²) in [6, 6.07) is 5.24. The summed E-state index contributed by atoms with van der Waals surface area (Å²) in [6.45, 7) is 2.17. The quantitative estimate of drug-likeness (QED) is 0.910. The average molecular weight is 343 g/mol. The third-order valence-corrected chi connectivity index (χ3v) is 4.40. The van der Waals surface area contributed by atoms with E-state index in [2.05, 4.69) is 0 Å². The van der Waals surface area contributed by atoms with Crippen LogP contribution in [0.3, 0.4) is 0 Å². The second-order valence-electron chi connectivity index (χ2n) is 6.21. The number of benzene rings is 1. The van der Waals surface area contributed by atoms with Gasteiger partial charge in [-0.1, -0.05) is 25.1 Å². The maximum atomic E-state index is 13.1. The van der Waals surface area contributed by atoms with Crippen LogP contribution in [0, 0.1) is 5.92 Å². The van der Waals surface area contributed by atoms with Gasteiger partial charge in [-0.25, -0.2) is 0 Å². The molecule has 132 valence electrons. The number of hydrogen-bond donors (Lipinski definition) is 1. The van der Waals surface area contributed by atoms with E-state index in [9.17, 15) is 22.8 Å². The first-order chi connectivity index (χ1) is 11.2. The zero-order chi connectivity index (χ0) is 17.9. The van der Waals surface area contributed by atoms with E-state index in [0.29, 0.717) is 19.4 Å². The Labute approximate surface area is 138 Å². The van der Waals surface area contributed by atoms with Crippen LogP contribution in [0.4, 0.5) is 13.2 Å². The molecule has 24 heavy (non-hydrogen) atoms. The number of likely N-dealkylation sites (tertiary alicyclic amines) is 1. The Hall–Kier alpha value is -2.05. The van der Waals surface area contributed by atoms with E-state index in [-0.39, 0.29) is 24.4 Å². The molecule has 0 radical (unpaired) electrons. The Bertz CT molecular complexity index is 615. The number of carboxylic acids is 1. The Morgan fingerprint density at radius 2 is 2.00 bits per heavy atom. The van der Waals surface area contributed by atoms with Gasteiger partial charge < -0.3 is 10.0 Å². The van der Waals surface area contributed by atoms with Crippen LogP contribution in [0.2, 0.25) is 0 Å². The molecule has 0 aliphatic carbocycles. The third-order valence-electron chi connectivity index (χ3n) is 4.40. The van der Waals surface area contributed by atoms with Crippen molar-refractivity contribution in [2.45, 2.75) is 38.3 Å². The van der Waals surface area contributed by atoms with Gasteiger partial charge in [-0.2, -0.15) is 13.2 Å². The number of nitrogens with zero attached hydrogens (tertiary/aromatic N) is 1. The molecule has 0 aromatic heterocycles. The molecule has 0 bridgehead atoms. The molecule has 1 aliphatic rings. The molecule has 1 heterocycles. The normalized spacial score (nSPS) is 19.8. The predicted molar refractivity (Wildman–Crippen MR) is 81.4 cm³/mol. The van der Waals surface area contributed by atoms with E-state index in [4.69, 9.17) is 5.11 Å². The number of halogens is 3. The maximum absolute atomic E-state index is 13.1. The number of carbonyl (C=O) groups excluding carboxylic acids is 1. The molecule has 4 nitrogen and oxygen atoms in total. The maximum Gasteiger partial charge on any atom is 0.416 e. The summed E-state index contributed by atoms with van der Waals surface area (Å²) in [6.07, 6.45) is -3.42. The first kappa shape index (κ1) is 18.3. The van der Waals surface area contributed by atoms with Crippen molar-refractivity contribution in [1.82, 2.24) is 4.90 Å². The van der Waals surface area contributed by atoms with Crippen LogP contribution >= 0.6 is 0 Å². The third kappa shape index (κ3) is 4.27. The van der Waals surface area contributed by atoms with Gasteiger partial charge in [-0.15, -0.1) is 0 Å². The van der Waals surface area contributed by atoms with Gasteiger partial charge in [0.15, 0.2) is 0 Å². The van der Waals surface area contributed by atoms with Crippen molar-refractivity contribution in [3.8, 4) is 0 Å². The molecule has 1 aliphatic heterocycles. The van der Waals surface area contributed by atoms with Crippen molar-refractivity contribution in [2.24, 2.45) is 5.92 Å². The number of hydrogen-bond acceptors (Lipinski definition) is 2. The molecule has 1 fully saturated rings. The molecular weight excluding hydrogens is 323 g/mol. The molecule has 1 N–H and O–H groups in total. The molecule has 2 rings (SSSR count). The molecule has 1 aromatic carbocycles. The summed E-state index contributed by atoms with van der Waals surface area (Å²) in [5.41, 5.74) is -0.641. The number of piperidine rings is 1. The first-order valence-electron chi connectivity index (χ1n) is 7.87. The van der Waals surface area contributed by atoms with Crippen molar-refractivity contribution >= 4 is 11.9 Å². The van der Waals surface area contributed by atoms with Crippen LogP contribution in [-0.2, 0) is 15.8 Å². The number of carbonyl (C=O) groups is 2. The largest absolute Gasteiger partial charge is 0.481 e. The lowest BCUT2D eigenvalue weighted by Gasteiger charge is -2.31. The topological polar surface area (TPSA) is 57.6 Å². The number of aliphatic carboxylic acids is 1. The lowest BCUT2D eigenvalue weighted by molar-refractivity contribution is -0.146. The highest BCUT2D eigenvalue weighted by Gasteiger charge is 2.35. The molecule has 1 aromatic rings. The molecule has 1 saturated heterocycles. The van der Waals surface area contributed by atoms with Crippen LogP contribution in [-0.4, -0.2) is 35.0 Å². The van der Waals surface area contributed by atoms with E-state index >= 15 is 0 Å². The summed E-state index contributed by atoms with van der Waals surface area (Å²) < 4.78 is 39.2. The van der Waals surface area contributed by atoms with Crippen LogP contribution in [0.1, 0.15) is 43.2 Å². The molecule has 1 amide bonds. The van der Waals surface area contributed by atoms with Gasteiger partial charge in [0.2, 0.25) is 5.91 Å². The zero-order valence-electron chi connectivity index (χ0n) is 13.3. The highest BCUT2D eigenvalue weighted by atomic mass is 19.4. The Kier molecular flexibility index (Phi) is 5.51. The highest BCUT2D eigenvalue weighted by molar-refractivity contribution is 5.78. The van der Waals surface area contributed by atoms with E-state index in [1.165, 1.54) is 23.1 Å². The summed E-state index contributed by atoms with van der Waals surface area (Å²) in [5, 5.41) is 9.06. The molecule has 2 atom stereocenters. The minimum absolute atomic E-state index is 0.0700. The summed E-state index contributed by atoms with van der Waals surface area (Å²) in [7, 11) is 0. The highest BCUT2D eigenvalue weighted by Crippen LogP contribution is 2.36. The van der Waals surface area contributed by atoms with Crippen molar-refractivity contribution in [1.29, 1.82) is 0 Å². The molecule has 0 saturated carbocycles. The van der Waals surface area contributed by atoms with Gasteiger partial charge in [0, 0.05) is 19.5 Å². The van der Waals surface area contributed by atoms with Gasteiger partial charge in [0.25, 0.3) is 0 Å². The van der Waals surface area contributed by atoms with Gasteiger partial charge in [-0.3, -0.25) is 9.59 Å². The number of carboxylic acid groups (broad SMARTS) is 1. The second-order valence-corrected chi connectivity index (χ2v) is 6.21. The smallest absolute Gasteiger partial charge is 0.416 e. The van der Waals surface area contributed by atoms with Gasteiger partial charge in [0.05, 0.1) is 11.5 Å². The predicted octanol–water partition coefficient (Wildman–Crippen LogP) is 3.52. The van der Waals surface area contributed by atoms with E-state index in [1.807, 2.05) is 0 Å². The minimum Gasteiger partial charge on any atom is -0.481 e. The molecular formula is C17H20F3NO3. The van der Waals surface area contributed by atoms with Crippen molar-refractivity contribution < 1.29 is 27.9 Å². The summed E-state index contributed by atoms with van der Waals surface area (Å²) in [5.74, 6) is -2.44. The second kappa shape index (κ2) is 7.23. The Morgan fingerprint density at radius 1 is 1.33 bits per heavy atom. The monoisotopic (exact) mass is 343 g/mol. The standard InChI is InChI=1S/C17H20F3NO3/c1-11(13-6-2-3-7-14(13)17(18,19)20)9-15(22)21-8-4-5-12(10-21)16(23)24/h2-3,6-7,11-12H,4-5,8-10H2,1H3,(H,23,24)/t11-,12-/m0/s1. The lowest BCUT2D eigenvalue weighted by Crippen LogP contribution is -2.42. The van der Waals surface area contributed by atoms with Crippen LogP contribution < -0.4 is 0 Å². The van der Waals surface area contributed by atoms with Gasteiger partial charge in [-0.05, 0) is 30.4 Å². The van der Waals surface area contributed by atoms with Crippen molar-refractivity contribution in [3.63, 3.8) is 0 Å². The van der Waals surface area contributed by atoms with Crippen molar-refractivity contribution in [2.75, 3.05) is 13.1 Å². The lowest BCUT2D eigenvalue weighted by atomic mass is 9.91. The average Bonchev–Trinajstić information content (AvgIpc) is 2.54. The van der Waals surface area contributed by atoms with Crippen LogP contribution in [0.15, 0.2) is 24.3 Å². The number of amides is 1. The van der Waals surface area contributed by atoms with Crippen LogP contribution in [0.5, 0.6) is 0 Å². The number of alkyl halides is 3. The Morgan fingerprint density at radius 3 is 2.62 bits per heavy atom.